The van der Waals surface area contributed by atoms with E-state index in [0.717, 1.165) is 19.4 Å². The highest BCUT2D eigenvalue weighted by Gasteiger charge is 2.53. The predicted octanol–water partition coefficient (Wildman–Crippen LogP) is 0.324. The quantitative estimate of drug-likeness (QED) is 0.725. The molecule has 2 N–H and O–H groups in total. The van der Waals surface area contributed by atoms with E-state index in [0.29, 0.717) is 0 Å². The van der Waals surface area contributed by atoms with Crippen molar-refractivity contribution in [3.63, 3.8) is 0 Å². The average Bonchev–Trinajstić information content (AvgIpc) is 3.13. The zero-order valence-electron chi connectivity index (χ0n) is 11.3. The lowest BCUT2D eigenvalue weighted by atomic mass is 9.82. The SMILES string of the molecule is C[C@H](NC(=O)[C@H]1[C@@H](C(=O)O)[C@H]2C=C[C@@H]1O2)[C@@H]1CCCO1. The van der Waals surface area contributed by atoms with Crippen LogP contribution < -0.4 is 5.32 Å². The minimum absolute atomic E-state index is 0.0253. The zero-order valence-corrected chi connectivity index (χ0v) is 11.3. The number of hydrogen-bond acceptors (Lipinski definition) is 4. The average molecular weight is 281 g/mol. The van der Waals surface area contributed by atoms with Crippen LogP contribution in [0.3, 0.4) is 0 Å². The fourth-order valence-corrected chi connectivity index (χ4v) is 3.33. The van der Waals surface area contributed by atoms with Crippen molar-refractivity contribution in [2.45, 2.75) is 44.1 Å². The van der Waals surface area contributed by atoms with Gasteiger partial charge in [-0.1, -0.05) is 12.2 Å². The molecule has 2 fully saturated rings. The minimum Gasteiger partial charge on any atom is -0.481 e. The highest BCUT2D eigenvalue weighted by molar-refractivity contribution is 5.87. The lowest BCUT2D eigenvalue weighted by Gasteiger charge is -2.25. The van der Waals surface area contributed by atoms with E-state index in [9.17, 15) is 14.7 Å². The molecule has 3 aliphatic heterocycles. The highest BCUT2D eigenvalue weighted by atomic mass is 16.5. The third-order valence-corrected chi connectivity index (χ3v) is 4.38. The molecule has 110 valence electrons. The second-order valence-corrected chi connectivity index (χ2v) is 5.69. The molecule has 3 aliphatic rings. The van der Waals surface area contributed by atoms with Gasteiger partial charge in [0.15, 0.2) is 0 Å². The van der Waals surface area contributed by atoms with Gasteiger partial charge in [0.25, 0.3) is 0 Å². The van der Waals surface area contributed by atoms with Crippen molar-refractivity contribution in [2.75, 3.05) is 6.61 Å². The topological polar surface area (TPSA) is 84.9 Å². The maximum atomic E-state index is 12.4. The second kappa shape index (κ2) is 5.18. The van der Waals surface area contributed by atoms with Gasteiger partial charge < -0.3 is 19.9 Å². The number of rotatable bonds is 4. The second-order valence-electron chi connectivity index (χ2n) is 5.69. The Balaban J connectivity index is 1.67. The number of nitrogens with one attached hydrogen (secondary N) is 1. The fraction of sp³-hybridized carbons (Fsp3) is 0.714. The van der Waals surface area contributed by atoms with Crippen LogP contribution in [0.15, 0.2) is 12.2 Å². The van der Waals surface area contributed by atoms with Crippen LogP contribution in [0.2, 0.25) is 0 Å². The molecule has 0 aliphatic carbocycles. The Bertz CT molecular complexity index is 443. The standard InChI is InChI=1S/C14H19NO5/c1-7(8-3-2-6-19-8)15-13(16)11-9-4-5-10(20-9)12(11)14(17)18/h4-5,7-12H,2-3,6H2,1H3,(H,15,16)(H,17,18)/t7-,8-,9-,10+,11+,12-/m0/s1. The van der Waals surface area contributed by atoms with E-state index >= 15 is 0 Å². The predicted molar refractivity (Wildman–Crippen MR) is 69.0 cm³/mol. The Morgan fingerprint density at radius 1 is 1.30 bits per heavy atom. The molecule has 0 radical (unpaired) electrons. The number of fused-ring (bicyclic) bond motifs is 2. The highest BCUT2D eigenvalue weighted by Crippen LogP contribution is 2.39. The molecule has 3 rings (SSSR count). The normalized spacial score (nSPS) is 40.0. The van der Waals surface area contributed by atoms with Crippen LogP contribution in [0.4, 0.5) is 0 Å². The van der Waals surface area contributed by atoms with Crippen molar-refractivity contribution < 1.29 is 24.2 Å². The number of carboxylic acid groups (broad SMARTS) is 1. The molecule has 3 heterocycles. The van der Waals surface area contributed by atoms with Crippen LogP contribution in [-0.2, 0) is 19.1 Å². The summed E-state index contributed by atoms with van der Waals surface area (Å²) in [7, 11) is 0. The first kappa shape index (κ1) is 13.6. The van der Waals surface area contributed by atoms with Crippen LogP contribution in [0.1, 0.15) is 19.8 Å². The van der Waals surface area contributed by atoms with Gasteiger partial charge in [0.05, 0.1) is 30.3 Å². The molecule has 6 atom stereocenters. The summed E-state index contributed by atoms with van der Waals surface area (Å²) in [6, 6.07) is -0.109. The molecule has 2 saturated heterocycles. The van der Waals surface area contributed by atoms with E-state index in [1.54, 1.807) is 12.2 Å². The summed E-state index contributed by atoms with van der Waals surface area (Å²) in [5, 5.41) is 12.2. The lowest BCUT2D eigenvalue weighted by Crippen LogP contribution is -2.48. The van der Waals surface area contributed by atoms with Crippen LogP contribution >= 0.6 is 0 Å². The van der Waals surface area contributed by atoms with Crippen molar-refractivity contribution in [3.05, 3.63) is 12.2 Å². The first-order chi connectivity index (χ1) is 9.58. The summed E-state index contributed by atoms with van der Waals surface area (Å²) in [6.07, 6.45) is 4.57. The van der Waals surface area contributed by atoms with E-state index in [-0.39, 0.29) is 18.1 Å². The van der Waals surface area contributed by atoms with E-state index in [1.165, 1.54) is 0 Å². The smallest absolute Gasteiger partial charge is 0.310 e. The summed E-state index contributed by atoms with van der Waals surface area (Å²) < 4.78 is 11.0. The number of carbonyl (C=O) groups is 2. The largest absolute Gasteiger partial charge is 0.481 e. The van der Waals surface area contributed by atoms with Crippen LogP contribution in [0.25, 0.3) is 0 Å². The molecule has 0 aromatic heterocycles. The Morgan fingerprint density at radius 2 is 2.00 bits per heavy atom. The van der Waals surface area contributed by atoms with Gasteiger partial charge in [0, 0.05) is 6.61 Å². The van der Waals surface area contributed by atoms with Gasteiger partial charge in [-0.15, -0.1) is 0 Å². The number of amides is 1. The number of hydrogen-bond donors (Lipinski definition) is 2. The summed E-state index contributed by atoms with van der Waals surface area (Å²) in [5.74, 6) is -2.67. The van der Waals surface area contributed by atoms with Gasteiger partial charge in [-0.2, -0.15) is 0 Å². The van der Waals surface area contributed by atoms with Crippen molar-refractivity contribution in [1.82, 2.24) is 5.32 Å². The van der Waals surface area contributed by atoms with E-state index in [4.69, 9.17) is 9.47 Å². The zero-order chi connectivity index (χ0) is 14.3. The molecular formula is C14H19NO5. The van der Waals surface area contributed by atoms with Crippen molar-refractivity contribution >= 4 is 11.9 Å². The molecule has 0 aromatic carbocycles. The number of carboxylic acids is 1. The van der Waals surface area contributed by atoms with E-state index in [1.807, 2.05) is 6.92 Å². The molecule has 0 saturated carbocycles. The Labute approximate surface area is 117 Å². The van der Waals surface area contributed by atoms with E-state index in [2.05, 4.69) is 5.32 Å². The molecule has 0 spiro atoms. The summed E-state index contributed by atoms with van der Waals surface area (Å²) in [5.41, 5.74) is 0. The number of ether oxygens (including phenoxy) is 2. The van der Waals surface area contributed by atoms with E-state index < -0.39 is 30.0 Å². The van der Waals surface area contributed by atoms with Crippen LogP contribution in [0, 0.1) is 11.8 Å². The number of carbonyl (C=O) groups excluding carboxylic acids is 1. The van der Waals surface area contributed by atoms with Crippen molar-refractivity contribution in [2.24, 2.45) is 11.8 Å². The number of aliphatic carboxylic acids is 1. The lowest BCUT2D eigenvalue weighted by molar-refractivity contribution is -0.147. The first-order valence-electron chi connectivity index (χ1n) is 7.06. The molecule has 0 aromatic rings. The molecule has 6 heteroatoms. The van der Waals surface area contributed by atoms with Gasteiger partial charge in [-0.05, 0) is 19.8 Å². The molecule has 1 amide bonds. The molecular weight excluding hydrogens is 262 g/mol. The Hall–Kier alpha value is -1.40. The van der Waals surface area contributed by atoms with Crippen LogP contribution in [-0.4, -0.2) is 47.9 Å². The third-order valence-electron chi connectivity index (χ3n) is 4.38. The van der Waals surface area contributed by atoms with Crippen molar-refractivity contribution in [3.8, 4) is 0 Å². The fourth-order valence-electron chi connectivity index (χ4n) is 3.33. The van der Waals surface area contributed by atoms with Gasteiger partial charge in [0.2, 0.25) is 5.91 Å². The van der Waals surface area contributed by atoms with Gasteiger partial charge in [0.1, 0.15) is 5.92 Å². The summed E-state index contributed by atoms with van der Waals surface area (Å²) in [4.78, 5) is 23.7. The first-order valence-corrected chi connectivity index (χ1v) is 7.06. The summed E-state index contributed by atoms with van der Waals surface area (Å²) >= 11 is 0. The Morgan fingerprint density at radius 3 is 2.60 bits per heavy atom. The van der Waals surface area contributed by atoms with Crippen molar-refractivity contribution in [1.29, 1.82) is 0 Å². The van der Waals surface area contributed by atoms with Gasteiger partial charge in [-0.3, -0.25) is 9.59 Å². The maximum absolute atomic E-state index is 12.4. The maximum Gasteiger partial charge on any atom is 0.310 e. The summed E-state index contributed by atoms with van der Waals surface area (Å²) in [6.45, 7) is 2.62. The third kappa shape index (κ3) is 2.23. The molecule has 6 nitrogen and oxygen atoms in total. The van der Waals surface area contributed by atoms with Gasteiger partial charge >= 0.3 is 5.97 Å². The monoisotopic (exact) mass is 281 g/mol. The molecule has 20 heavy (non-hydrogen) atoms. The molecule has 0 unspecified atom stereocenters. The van der Waals surface area contributed by atoms with Crippen LogP contribution in [0.5, 0.6) is 0 Å². The van der Waals surface area contributed by atoms with Gasteiger partial charge in [-0.25, -0.2) is 0 Å². The molecule has 2 bridgehead atoms. The Kier molecular flexibility index (Phi) is 3.52. The minimum atomic E-state index is -0.980.